The number of aliphatic hydroxyl groups excluding tert-OH is 1. The Hall–Kier alpha value is 1.51. The zero-order valence-electron chi connectivity index (χ0n) is 17.5. The molecule has 0 radical (unpaired) electrons. The first kappa shape index (κ1) is 29.7. The van der Waals surface area contributed by atoms with Gasteiger partial charge in [0.25, 0.3) is 0 Å². The fourth-order valence-corrected chi connectivity index (χ4v) is 4.31. The van der Waals surface area contributed by atoms with Gasteiger partial charge in [-0.15, -0.1) is 0 Å². The number of rotatable bonds is 18. The molecule has 0 heterocycles. The average molecular weight is 417 g/mol. The molecule has 0 aromatic carbocycles. The van der Waals surface area contributed by atoms with Gasteiger partial charge < -0.3 is 9.66 Å². The summed E-state index contributed by atoms with van der Waals surface area (Å²) in [5, 5.41) is 9.09. The number of hydrogen-bond acceptors (Lipinski definition) is 4. The standard InChI is InChI=1S/C20H42O4S.K/c1-3-5-16-19(21)17-13-11-9-7-6-8-10-12-14-18-20(15-4-2)25(22,23)24;/h19-21H,3-18H2,1-2H3,(H,22,23,24);/q;+1/p-1. The van der Waals surface area contributed by atoms with Crippen LogP contribution in [0, 0.1) is 0 Å². The molecule has 2 atom stereocenters. The largest absolute Gasteiger partial charge is 1.00 e. The Morgan fingerprint density at radius 1 is 0.692 bits per heavy atom. The van der Waals surface area contributed by atoms with Crippen molar-refractivity contribution in [3.8, 4) is 0 Å². The van der Waals surface area contributed by atoms with E-state index in [1.165, 1.54) is 32.1 Å². The van der Waals surface area contributed by atoms with Crippen LogP contribution in [0.2, 0.25) is 0 Å². The molecule has 0 rings (SSSR count). The number of aliphatic hydroxyl groups is 1. The Kier molecular flexibility index (Phi) is 22.6. The first-order valence-corrected chi connectivity index (χ1v) is 12.0. The summed E-state index contributed by atoms with van der Waals surface area (Å²) in [6, 6.07) is 0. The van der Waals surface area contributed by atoms with E-state index in [1.54, 1.807) is 0 Å². The molecule has 0 amide bonds. The third kappa shape index (κ3) is 18.9. The Morgan fingerprint density at radius 2 is 1.12 bits per heavy atom. The fourth-order valence-electron chi connectivity index (χ4n) is 3.33. The zero-order chi connectivity index (χ0) is 19.0. The van der Waals surface area contributed by atoms with Crippen molar-refractivity contribution in [3.05, 3.63) is 0 Å². The van der Waals surface area contributed by atoms with Gasteiger partial charge in [0.15, 0.2) is 0 Å². The molecule has 0 spiro atoms. The summed E-state index contributed by atoms with van der Waals surface area (Å²) >= 11 is 0. The van der Waals surface area contributed by atoms with Crippen molar-refractivity contribution in [3.63, 3.8) is 0 Å². The molecule has 2 unspecified atom stereocenters. The summed E-state index contributed by atoms with van der Waals surface area (Å²) in [6.07, 6.45) is 16.1. The van der Waals surface area contributed by atoms with E-state index < -0.39 is 15.4 Å². The Balaban J connectivity index is 0. The van der Waals surface area contributed by atoms with Crippen LogP contribution in [-0.2, 0) is 10.1 Å². The van der Waals surface area contributed by atoms with Crippen molar-refractivity contribution in [2.45, 2.75) is 128 Å². The van der Waals surface area contributed by atoms with E-state index in [9.17, 15) is 18.1 Å². The normalized spacial score (nSPS) is 14.0. The fraction of sp³-hybridized carbons (Fsp3) is 1.00. The molecule has 0 aromatic rings. The van der Waals surface area contributed by atoms with E-state index in [0.29, 0.717) is 12.8 Å². The van der Waals surface area contributed by atoms with Crippen molar-refractivity contribution in [2.24, 2.45) is 0 Å². The predicted octanol–water partition coefficient (Wildman–Crippen LogP) is 2.55. The average Bonchev–Trinajstić information content (AvgIpc) is 2.55. The molecule has 0 bridgehead atoms. The monoisotopic (exact) mass is 416 g/mol. The van der Waals surface area contributed by atoms with Gasteiger partial charge in [0, 0.05) is 5.25 Å². The van der Waals surface area contributed by atoms with Crippen LogP contribution in [0.5, 0.6) is 0 Å². The maximum Gasteiger partial charge on any atom is 1.00 e. The minimum atomic E-state index is -4.12. The molecule has 0 saturated heterocycles. The van der Waals surface area contributed by atoms with Crippen LogP contribution in [0.1, 0.15) is 117 Å². The van der Waals surface area contributed by atoms with Gasteiger partial charge in [0.05, 0.1) is 16.2 Å². The SMILES string of the molecule is CCCCC(O)CCCCCCCCCCCC(CCC)S(=O)(=O)[O-].[K+]. The summed E-state index contributed by atoms with van der Waals surface area (Å²) in [5.74, 6) is 0. The first-order chi connectivity index (χ1) is 11.9. The minimum Gasteiger partial charge on any atom is -0.748 e. The topological polar surface area (TPSA) is 77.4 Å². The van der Waals surface area contributed by atoms with Gasteiger partial charge in [0.1, 0.15) is 0 Å². The Bertz CT molecular complexity index is 387. The van der Waals surface area contributed by atoms with E-state index in [-0.39, 0.29) is 57.5 Å². The number of unbranched alkanes of at least 4 members (excludes halogenated alkanes) is 9. The molecule has 152 valence electrons. The van der Waals surface area contributed by atoms with Gasteiger partial charge in [-0.1, -0.05) is 90.9 Å². The van der Waals surface area contributed by atoms with Gasteiger partial charge in [-0.3, -0.25) is 0 Å². The summed E-state index contributed by atoms with van der Waals surface area (Å²) in [7, 11) is -4.12. The van der Waals surface area contributed by atoms with Crippen molar-refractivity contribution >= 4 is 10.1 Å². The van der Waals surface area contributed by atoms with E-state index in [1.807, 2.05) is 6.92 Å². The van der Waals surface area contributed by atoms with Crippen LogP contribution < -0.4 is 51.4 Å². The van der Waals surface area contributed by atoms with Gasteiger partial charge in [0.2, 0.25) is 0 Å². The maximum atomic E-state index is 11.1. The summed E-state index contributed by atoms with van der Waals surface area (Å²) in [4.78, 5) is 0. The Morgan fingerprint density at radius 3 is 1.54 bits per heavy atom. The second-order valence-corrected chi connectivity index (χ2v) is 9.11. The van der Waals surface area contributed by atoms with E-state index >= 15 is 0 Å². The van der Waals surface area contributed by atoms with Crippen molar-refractivity contribution in [1.29, 1.82) is 0 Å². The molecule has 0 aliphatic rings. The smallest absolute Gasteiger partial charge is 0.748 e. The third-order valence-corrected chi connectivity index (χ3v) is 6.26. The summed E-state index contributed by atoms with van der Waals surface area (Å²) < 4.78 is 33.4. The number of hydrogen-bond donors (Lipinski definition) is 1. The second-order valence-electron chi connectivity index (χ2n) is 7.46. The van der Waals surface area contributed by atoms with Crippen molar-refractivity contribution < 1.29 is 69.5 Å². The van der Waals surface area contributed by atoms with Gasteiger partial charge >= 0.3 is 51.4 Å². The van der Waals surface area contributed by atoms with Crippen LogP contribution in [0.4, 0.5) is 0 Å². The molecular formula is C20H41KO4S. The second kappa shape index (κ2) is 19.8. The third-order valence-electron chi connectivity index (χ3n) is 4.97. The van der Waals surface area contributed by atoms with Crippen molar-refractivity contribution in [1.82, 2.24) is 0 Å². The van der Waals surface area contributed by atoms with Crippen LogP contribution in [0.25, 0.3) is 0 Å². The van der Waals surface area contributed by atoms with Crippen LogP contribution in [0.15, 0.2) is 0 Å². The summed E-state index contributed by atoms with van der Waals surface area (Å²) in [6.45, 7) is 4.08. The molecule has 1 N–H and O–H groups in total. The van der Waals surface area contributed by atoms with Gasteiger partial charge in [-0.25, -0.2) is 8.42 Å². The molecule has 0 saturated carbocycles. The van der Waals surface area contributed by atoms with Crippen LogP contribution >= 0.6 is 0 Å². The Labute approximate surface area is 205 Å². The van der Waals surface area contributed by atoms with E-state index in [2.05, 4.69) is 6.92 Å². The van der Waals surface area contributed by atoms with Gasteiger partial charge in [-0.2, -0.15) is 0 Å². The van der Waals surface area contributed by atoms with E-state index in [4.69, 9.17) is 0 Å². The summed E-state index contributed by atoms with van der Waals surface area (Å²) in [5.41, 5.74) is 0. The molecule has 6 heteroatoms. The zero-order valence-corrected chi connectivity index (χ0v) is 21.5. The van der Waals surface area contributed by atoms with E-state index in [0.717, 1.165) is 57.8 Å². The van der Waals surface area contributed by atoms with Crippen LogP contribution in [-0.4, -0.2) is 29.4 Å². The minimum absolute atomic E-state index is 0. The van der Waals surface area contributed by atoms with Gasteiger partial charge in [-0.05, 0) is 25.7 Å². The van der Waals surface area contributed by atoms with Crippen LogP contribution in [0.3, 0.4) is 0 Å². The molecule has 4 nitrogen and oxygen atoms in total. The molecular weight excluding hydrogens is 375 g/mol. The maximum absolute atomic E-state index is 11.1. The molecule has 0 aliphatic carbocycles. The molecule has 0 aromatic heterocycles. The first-order valence-electron chi connectivity index (χ1n) is 10.5. The molecule has 26 heavy (non-hydrogen) atoms. The quantitative estimate of drug-likeness (QED) is 0.212. The molecule has 0 fully saturated rings. The van der Waals surface area contributed by atoms with Crippen molar-refractivity contribution in [2.75, 3.05) is 0 Å². The molecule has 0 aliphatic heterocycles. The predicted molar refractivity (Wildman–Crippen MR) is 105 cm³/mol.